The van der Waals surface area contributed by atoms with Gasteiger partial charge in [-0.15, -0.1) is 0 Å². The molecule has 9 heteroatoms. The first-order valence-corrected chi connectivity index (χ1v) is 8.39. The molecule has 7 nitrogen and oxygen atoms in total. The molecular weight excluding hydrogens is 470 g/mol. The summed E-state index contributed by atoms with van der Waals surface area (Å²) in [5.74, 6) is -0.490. The Balaban J connectivity index is 2.28. The van der Waals surface area contributed by atoms with Crippen LogP contribution in [0.4, 0.5) is 5.69 Å². The van der Waals surface area contributed by atoms with Crippen LogP contribution in [0.25, 0.3) is 10.9 Å². The fourth-order valence-corrected chi connectivity index (χ4v) is 3.26. The van der Waals surface area contributed by atoms with Gasteiger partial charge in [-0.3, -0.25) is 10.1 Å². The second-order valence-electron chi connectivity index (χ2n) is 4.76. The minimum absolute atomic E-state index is 0.0839. The van der Waals surface area contributed by atoms with Crippen LogP contribution in [0, 0.1) is 28.0 Å². The number of ether oxygens (including phenoxy) is 1. The molecule has 0 aliphatic carbocycles. The van der Waals surface area contributed by atoms with Crippen LogP contribution in [-0.2, 0) is 0 Å². The number of nitro groups is 1. The summed E-state index contributed by atoms with van der Waals surface area (Å²) in [5, 5.41) is 19.5. The van der Waals surface area contributed by atoms with Crippen LogP contribution in [-0.4, -0.2) is 10.9 Å². The lowest BCUT2D eigenvalue weighted by Gasteiger charge is -2.10. The predicted molar refractivity (Wildman–Crippen MR) is 100 cm³/mol. The highest BCUT2D eigenvalue weighted by Crippen LogP contribution is 2.36. The van der Waals surface area contributed by atoms with E-state index < -0.39 is 10.9 Å². The lowest BCUT2D eigenvalue weighted by Crippen LogP contribution is -2.09. The van der Waals surface area contributed by atoms with E-state index >= 15 is 0 Å². The maximum absolute atomic E-state index is 12.2. The fraction of sp³-hybridized carbons (Fsp3) is 0. The number of rotatable bonds is 4. The van der Waals surface area contributed by atoms with Crippen LogP contribution >= 0.6 is 31.9 Å². The Bertz CT molecular complexity index is 963. The highest BCUT2D eigenvalue weighted by Gasteiger charge is 2.16. The van der Waals surface area contributed by atoms with Gasteiger partial charge in [0.1, 0.15) is 0 Å². The molecule has 0 atom stereocenters. The van der Waals surface area contributed by atoms with Crippen molar-refractivity contribution in [2.45, 2.75) is 0 Å². The molecule has 0 heterocycles. The van der Waals surface area contributed by atoms with E-state index in [0.717, 1.165) is 0 Å². The molecule has 0 aliphatic rings. The van der Waals surface area contributed by atoms with E-state index in [1.807, 2.05) is 0 Å². The van der Waals surface area contributed by atoms with Crippen LogP contribution < -0.4 is 4.74 Å². The third kappa shape index (κ3) is 4.54. The van der Waals surface area contributed by atoms with Gasteiger partial charge in [-0.2, -0.15) is 0 Å². The van der Waals surface area contributed by atoms with Gasteiger partial charge in [0.25, 0.3) is 11.4 Å². The molecule has 0 unspecified atom stereocenters. The summed E-state index contributed by atoms with van der Waals surface area (Å²) in [6.07, 6.45) is 1.39. The lowest BCUT2D eigenvalue weighted by molar-refractivity contribution is -0.384. The van der Waals surface area contributed by atoms with Crippen molar-refractivity contribution in [3.63, 3.8) is 0 Å². The summed E-state index contributed by atoms with van der Waals surface area (Å²) >= 11 is 6.55. The van der Waals surface area contributed by atoms with Crippen molar-refractivity contribution in [1.82, 2.24) is 0 Å². The maximum atomic E-state index is 12.2. The van der Waals surface area contributed by atoms with Crippen molar-refractivity contribution in [3.8, 4) is 11.8 Å². The Morgan fingerprint density at radius 2 is 1.85 bits per heavy atom. The topological polar surface area (TPSA) is 97.6 Å². The average molecular weight is 477 g/mol. The van der Waals surface area contributed by atoms with Crippen LogP contribution in [0.15, 0.2) is 51.0 Å². The molecule has 2 rings (SSSR count). The monoisotopic (exact) mass is 475 g/mol. The van der Waals surface area contributed by atoms with E-state index in [1.165, 1.54) is 30.3 Å². The first kappa shape index (κ1) is 19.3. The molecule has 2 aromatic carbocycles. The summed E-state index contributed by atoms with van der Waals surface area (Å²) < 4.78 is 6.18. The molecule has 0 saturated carbocycles. The molecule has 0 aliphatic heterocycles. The van der Waals surface area contributed by atoms with Gasteiger partial charge in [0.05, 0.1) is 32.1 Å². The van der Waals surface area contributed by atoms with Gasteiger partial charge in [0.2, 0.25) is 0 Å². The van der Waals surface area contributed by atoms with E-state index in [9.17, 15) is 14.9 Å². The van der Waals surface area contributed by atoms with Crippen molar-refractivity contribution in [2.75, 3.05) is 0 Å². The molecule has 0 saturated heterocycles. The van der Waals surface area contributed by atoms with Crippen molar-refractivity contribution < 1.29 is 14.5 Å². The molecule has 0 radical (unpaired) electrons. The largest absolute Gasteiger partial charge is 0.421 e. The van der Waals surface area contributed by atoms with Gasteiger partial charge in [-0.1, -0.05) is 0 Å². The number of benzene rings is 2. The number of non-ortho nitro benzene ring substituents is 1. The number of hydrogen-bond donors (Lipinski definition) is 0. The Hall–Kier alpha value is -3.01. The van der Waals surface area contributed by atoms with Crippen molar-refractivity contribution in [1.29, 1.82) is 5.26 Å². The first-order valence-electron chi connectivity index (χ1n) is 6.80. The standard InChI is InChI=1S/C17H7Br2N3O4/c1-21-12(9-20)6-10-7-14(18)16(15(19)8-10)26-17(23)11-2-4-13(5-3-11)22(24)25/h2-8H/b12-6-. The van der Waals surface area contributed by atoms with Crippen LogP contribution in [0.2, 0.25) is 0 Å². The minimum Gasteiger partial charge on any atom is -0.421 e. The van der Waals surface area contributed by atoms with Gasteiger partial charge in [-0.25, -0.2) is 14.9 Å². The van der Waals surface area contributed by atoms with Crippen molar-refractivity contribution >= 4 is 49.6 Å². The number of nitro benzene ring substituents is 1. The molecule has 0 spiro atoms. The highest BCUT2D eigenvalue weighted by molar-refractivity contribution is 9.11. The van der Waals surface area contributed by atoms with Crippen LogP contribution in [0.1, 0.15) is 15.9 Å². The van der Waals surface area contributed by atoms with E-state index in [0.29, 0.717) is 14.5 Å². The number of allylic oxidation sites excluding steroid dienone is 1. The smallest absolute Gasteiger partial charge is 0.343 e. The number of carbonyl (C=O) groups is 1. The number of nitrogens with zero attached hydrogens (tertiary/aromatic N) is 3. The molecular formula is C17H7Br2N3O4. The molecule has 0 amide bonds. The second-order valence-corrected chi connectivity index (χ2v) is 6.47. The Morgan fingerprint density at radius 3 is 2.31 bits per heavy atom. The number of hydrogen-bond acceptors (Lipinski definition) is 5. The summed E-state index contributed by atoms with van der Waals surface area (Å²) in [4.78, 5) is 25.4. The predicted octanol–water partition coefficient (Wildman–Crippen LogP) is 5.12. The SMILES string of the molecule is [C-]#[N+]/C(C#N)=C\c1cc(Br)c(OC(=O)c2ccc([N+](=O)[O-])cc2)c(Br)c1. The summed E-state index contributed by atoms with van der Waals surface area (Å²) in [6.45, 7) is 6.89. The van der Waals surface area contributed by atoms with E-state index in [2.05, 4.69) is 36.7 Å². The number of carbonyl (C=O) groups excluding carboxylic acids is 1. The molecule has 0 N–H and O–H groups in total. The number of esters is 1. The Labute approximate surface area is 164 Å². The second kappa shape index (κ2) is 8.39. The molecule has 2 aromatic rings. The minimum atomic E-state index is -0.691. The third-order valence-corrected chi connectivity index (χ3v) is 4.25. The fourth-order valence-electron chi connectivity index (χ4n) is 1.88. The quantitative estimate of drug-likeness (QED) is 0.152. The number of halogens is 2. The highest BCUT2D eigenvalue weighted by atomic mass is 79.9. The summed E-state index contributed by atoms with van der Waals surface area (Å²) in [7, 11) is 0. The van der Waals surface area contributed by atoms with E-state index in [4.69, 9.17) is 16.6 Å². The average Bonchev–Trinajstić information content (AvgIpc) is 2.62. The molecule has 0 aromatic heterocycles. The van der Waals surface area contributed by atoms with Crippen molar-refractivity contribution in [3.05, 3.63) is 83.7 Å². The van der Waals surface area contributed by atoms with Gasteiger partial charge < -0.3 is 4.74 Å². The maximum Gasteiger partial charge on any atom is 0.343 e. The molecule has 26 heavy (non-hydrogen) atoms. The van der Waals surface area contributed by atoms with Gasteiger partial charge >= 0.3 is 5.97 Å². The summed E-state index contributed by atoms with van der Waals surface area (Å²) in [5.41, 5.74) is 0.497. The van der Waals surface area contributed by atoms with Gasteiger partial charge in [-0.05, 0) is 67.8 Å². The zero-order valence-corrected chi connectivity index (χ0v) is 15.9. The van der Waals surface area contributed by atoms with Crippen LogP contribution in [0.5, 0.6) is 5.75 Å². The molecule has 0 fully saturated rings. The Kier molecular flexibility index (Phi) is 6.23. The van der Waals surface area contributed by atoms with Gasteiger partial charge in [0.15, 0.2) is 5.75 Å². The third-order valence-electron chi connectivity index (χ3n) is 3.07. The zero-order valence-electron chi connectivity index (χ0n) is 12.8. The van der Waals surface area contributed by atoms with Crippen LogP contribution in [0.3, 0.4) is 0 Å². The number of nitriles is 1. The van der Waals surface area contributed by atoms with E-state index in [1.54, 1.807) is 18.2 Å². The first-order chi connectivity index (χ1) is 12.3. The lowest BCUT2D eigenvalue weighted by atomic mass is 10.2. The zero-order chi connectivity index (χ0) is 19.3. The normalized spacial score (nSPS) is 10.5. The molecule has 0 bridgehead atoms. The molecule has 128 valence electrons. The van der Waals surface area contributed by atoms with E-state index in [-0.39, 0.29) is 22.7 Å². The van der Waals surface area contributed by atoms with Gasteiger partial charge in [0, 0.05) is 12.1 Å². The summed E-state index contributed by atoms with van der Waals surface area (Å²) in [6, 6.07) is 9.96. The van der Waals surface area contributed by atoms with Crippen molar-refractivity contribution in [2.24, 2.45) is 0 Å². The Morgan fingerprint density at radius 1 is 1.27 bits per heavy atom.